The monoisotopic (exact) mass is 193 g/mol. The fourth-order valence-corrected chi connectivity index (χ4v) is 2.23. The molecule has 0 spiro atoms. The number of aryl methyl sites for hydroxylation is 1. The second-order valence-corrected chi connectivity index (χ2v) is 4.42. The Balaban J connectivity index is 2.49. The zero-order valence-corrected chi connectivity index (χ0v) is 8.97. The topological polar surface area (TPSA) is 3.24 Å². The van der Waals surface area contributed by atoms with Crippen molar-refractivity contribution in [3.63, 3.8) is 0 Å². The fraction of sp³-hybridized carbons (Fsp3) is 0.500. The van der Waals surface area contributed by atoms with Gasteiger partial charge in [0.25, 0.3) is 0 Å². The highest BCUT2D eigenvalue weighted by Gasteiger charge is 2.20. The van der Waals surface area contributed by atoms with E-state index in [1.165, 1.54) is 5.69 Å². The van der Waals surface area contributed by atoms with Crippen LogP contribution in [0.15, 0.2) is 12.1 Å². The molecule has 1 unspecified atom stereocenters. The molecular formula is C12H16FN. The highest BCUT2D eigenvalue weighted by Crippen LogP contribution is 2.30. The lowest BCUT2D eigenvalue weighted by Crippen LogP contribution is -2.30. The van der Waals surface area contributed by atoms with Crippen LogP contribution in [0.4, 0.5) is 10.1 Å². The molecule has 0 saturated carbocycles. The van der Waals surface area contributed by atoms with Gasteiger partial charge in [-0.2, -0.15) is 0 Å². The van der Waals surface area contributed by atoms with E-state index in [1.807, 2.05) is 13.0 Å². The summed E-state index contributed by atoms with van der Waals surface area (Å²) in [6, 6.07) is 3.65. The maximum Gasteiger partial charge on any atom is 0.126 e. The van der Waals surface area contributed by atoms with Crippen molar-refractivity contribution < 1.29 is 4.39 Å². The molecule has 0 aliphatic carbocycles. The van der Waals surface area contributed by atoms with Crippen LogP contribution in [0.25, 0.3) is 0 Å². The lowest BCUT2D eigenvalue weighted by Gasteiger charge is -2.32. The fourth-order valence-electron chi connectivity index (χ4n) is 2.23. The van der Waals surface area contributed by atoms with Gasteiger partial charge in [-0.3, -0.25) is 0 Å². The summed E-state index contributed by atoms with van der Waals surface area (Å²) in [6.07, 6.45) is 0.997. The number of halogens is 1. The van der Waals surface area contributed by atoms with Gasteiger partial charge in [-0.1, -0.05) is 6.92 Å². The van der Waals surface area contributed by atoms with E-state index in [2.05, 4.69) is 18.9 Å². The number of hydrogen-bond acceptors (Lipinski definition) is 1. The van der Waals surface area contributed by atoms with E-state index in [0.29, 0.717) is 5.92 Å². The minimum absolute atomic E-state index is 0.0775. The molecule has 1 nitrogen and oxygen atoms in total. The van der Waals surface area contributed by atoms with Crippen molar-refractivity contribution in [3.05, 3.63) is 29.1 Å². The summed E-state index contributed by atoms with van der Waals surface area (Å²) >= 11 is 0. The van der Waals surface area contributed by atoms with Gasteiger partial charge in [-0.15, -0.1) is 0 Å². The number of rotatable bonds is 0. The number of nitrogens with zero attached hydrogens (tertiary/aromatic N) is 1. The van der Waals surface area contributed by atoms with E-state index in [0.717, 1.165) is 24.1 Å². The lowest BCUT2D eigenvalue weighted by atomic mass is 9.93. The van der Waals surface area contributed by atoms with Crippen LogP contribution in [0.5, 0.6) is 0 Å². The predicted molar refractivity (Wildman–Crippen MR) is 57.3 cm³/mol. The van der Waals surface area contributed by atoms with Gasteiger partial charge in [-0.25, -0.2) is 4.39 Å². The van der Waals surface area contributed by atoms with E-state index in [4.69, 9.17) is 0 Å². The van der Waals surface area contributed by atoms with Gasteiger partial charge in [0.1, 0.15) is 5.82 Å². The Bertz CT molecular complexity index is 360. The number of fused-ring (bicyclic) bond motifs is 1. The van der Waals surface area contributed by atoms with Crippen LogP contribution in [0, 0.1) is 18.7 Å². The summed E-state index contributed by atoms with van der Waals surface area (Å²) in [5.74, 6) is 0.542. The van der Waals surface area contributed by atoms with Gasteiger partial charge >= 0.3 is 0 Å². The molecule has 0 aromatic heterocycles. The highest BCUT2D eigenvalue weighted by atomic mass is 19.1. The molecule has 2 rings (SSSR count). The quantitative estimate of drug-likeness (QED) is 0.612. The van der Waals surface area contributed by atoms with Crippen LogP contribution >= 0.6 is 0 Å². The van der Waals surface area contributed by atoms with E-state index in [1.54, 1.807) is 6.07 Å². The summed E-state index contributed by atoms with van der Waals surface area (Å²) in [5, 5.41) is 0. The van der Waals surface area contributed by atoms with E-state index >= 15 is 0 Å². The molecule has 1 aliphatic heterocycles. The minimum atomic E-state index is -0.0775. The van der Waals surface area contributed by atoms with Crippen LogP contribution in [0.3, 0.4) is 0 Å². The first-order valence-electron chi connectivity index (χ1n) is 5.08. The van der Waals surface area contributed by atoms with E-state index in [-0.39, 0.29) is 5.82 Å². The van der Waals surface area contributed by atoms with Crippen LogP contribution in [-0.2, 0) is 6.42 Å². The van der Waals surface area contributed by atoms with Crippen LogP contribution in [-0.4, -0.2) is 13.6 Å². The third-order valence-electron chi connectivity index (χ3n) is 2.93. The molecule has 0 amide bonds. The third kappa shape index (κ3) is 1.49. The van der Waals surface area contributed by atoms with Crippen LogP contribution in [0.1, 0.15) is 18.1 Å². The first kappa shape index (κ1) is 9.50. The normalized spacial score (nSPS) is 20.9. The van der Waals surface area contributed by atoms with Gasteiger partial charge in [0, 0.05) is 19.3 Å². The predicted octanol–water partition coefficient (Wildman–Crippen LogP) is 2.76. The molecule has 2 heteroatoms. The summed E-state index contributed by atoms with van der Waals surface area (Å²) < 4.78 is 13.3. The number of anilines is 1. The van der Waals surface area contributed by atoms with Crippen molar-refractivity contribution >= 4 is 5.69 Å². The van der Waals surface area contributed by atoms with Gasteiger partial charge in [-0.05, 0) is 42.5 Å². The average molecular weight is 193 g/mol. The van der Waals surface area contributed by atoms with Crippen molar-refractivity contribution in [3.8, 4) is 0 Å². The summed E-state index contributed by atoms with van der Waals surface area (Å²) in [5.41, 5.74) is 3.08. The summed E-state index contributed by atoms with van der Waals surface area (Å²) in [7, 11) is 2.08. The Morgan fingerprint density at radius 2 is 2.14 bits per heavy atom. The Hall–Kier alpha value is -1.05. The molecule has 0 fully saturated rings. The molecule has 0 bridgehead atoms. The largest absolute Gasteiger partial charge is 0.374 e. The molecule has 1 aliphatic rings. The first-order valence-corrected chi connectivity index (χ1v) is 5.08. The second kappa shape index (κ2) is 3.26. The lowest BCUT2D eigenvalue weighted by molar-refractivity contribution is 0.544. The van der Waals surface area contributed by atoms with Crippen LogP contribution < -0.4 is 4.90 Å². The van der Waals surface area contributed by atoms with E-state index in [9.17, 15) is 4.39 Å². The number of hydrogen-bond donors (Lipinski definition) is 0. The molecule has 1 heterocycles. The van der Waals surface area contributed by atoms with E-state index < -0.39 is 0 Å². The SMILES string of the molecule is Cc1cc2c(cc1F)CC(C)CN2C. The number of benzene rings is 1. The Kier molecular flexibility index (Phi) is 2.22. The minimum Gasteiger partial charge on any atom is -0.374 e. The van der Waals surface area contributed by atoms with Gasteiger partial charge in [0.2, 0.25) is 0 Å². The maximum atomic E-state index is 13.3. The highest BCUT2D eigenvalue weighted by molar-refractivity contribution is 5.57. The molecule has 0 saturated heterocycles. The Morgan fingerprint density at radius 3 is 2.86 bits per heavy atom. The summed E-state index contributed by atoms with van der Waals surface area (Å²) in [6.45, 7) is 5.09. The average Bonchev–Trinajstić information content (AvgIpc) is 2.08. The molecule has 14 heavy (non-hydrogen) atoms. The van der Waals surface area contributed by atoms with Crippen molar-refractivity contribution in [2.24, 2.45) is 5.92 Å². The van der Waals surface area contributed by atoms with Crippen molar-refractivity contribution in [2.75, 3.05) is 18.5 Å². The van der Waals surface area contributed by atoms with Gasteiger partial charge in [0.15, 0.2) is 0 Å². The van der Waals surface area contributed by atoms with Crippen molar-refractivity contribution in [2.45, 2.75) is 20.3 Å². The maximum absolute atomic E-state index is 13.3. The summed E-state index contributed by atoms with van der Waals surface area (Å²) in [4.78, 5) is 2.22. The van der Waals surface area contributed by atoms with Crippen molar-refractivity contribution in [1.82, 2.24) is 0 Å². The first-order chi connectivity index (χ1) is 6.58. The Morgan fingerprint density at radius 1 is 1.43 bits per heavy atom. The van der Waals surface area contributed by atoms with Crippen molar-refractivity contribution in [1.29, 1.82) is 0 Å². The molecule has 76 valence electrons. The molecule has 1 aromatic carbocycles. The molecule has 1 aromatic rings. The zero-order valence-electron chi connectivity index (χ0n) is 8.97. The standard InChI is InChI=1S/C12H16FN/c1-8-4-10-6-11(13)9(2)5-12(10)14(3)7-8/h5-6,8H,4,7H2,1-3H3. The van der Waals surface area contributed by atoms with Crippen LogP contribution in [0.2, 0.25) is 0 Å². The third-order valence-corrected chi connectivity index (χ3v) is 2.93. The molecule has 0 N–H and O–H groups in total. The zero-order chi connectivity index (χ0) is 10.3. The van der Waals surface area contributed by atoms with Gasteiger partial charge < -0.3 is 4.90 Å². The molecule has 0 radical (unpaired) electrons. The second-order valence-electron chi connectivity index (χ2n) is 4.42. The van der Waals surface area contributed by atoms with Gasteiger partial charge in [0.05, 0.1) is 0 Å². The smallest absolute Gasteiger partial charge is 0.126 e. The molecule has 1 atom stereocenters. The molecular weight excluding hydrogens is 177 g/mol. The Labute approximate surface area is 84.5 Å².